The van der Waals surface area contributed by atoms with Crippen molar-refractivity contribution in [1.29, 1.82) is 0 Å². The molecule has 0 bridgehead atoms. The zero-order valence-corrected chi connectivity index (χ0v) is 9.68. The van der Waals surface area contributed by atoms with Crippen molar-refractivity contribution >= 4 is 0 Å². The lowest BCUT2D eigenvalue weighted by Gasteiger charge is -2.10. The molecule has 86 valence electrons. The second-order valence-electron chi connectivity index (χ2n) is 5.42. The molecular weight excluding hydrogens is 196 g/mol. The molecule has 2 nitrogen and oxygen atoms in total. The predicted octanol–water partition coefficient (Wildman–Crippen LogP) is 2.39. The molecule has 0 spiro atoms. The summed E-state index contributed by atoms with van der Waals surface area (Å²) < 4.78 is 0. The Morgan fingerprint density at radius 1 is 1.31 bits per heavy atom. The molecule has 2 fully saturated rings. The average Bonchev–Trinajstić information content (AvgIpc) is 3.04. The van der Waals surface area contributed by atoms with Crippen molar-refractivity contribution in [2.24, 2.45) is 23.5 Å². The van der Waals surface area contributed by atoms with Crippen molar-refractivity contribution in [3.05, 3.63) is 30.1 Å². The van der Waals surface area contributed by atoms with Crippen LogP contribution in [0.4, 0.5) is 0 Å². The summed E-state index contributed by atoms with van der Waals surface area (Å²) in [6, 6.07) is 4.50. The van der Waals surface area contributed by atoms with Crippen LogP contribution in [0.5, 0.6) is 0 Å². The SMILES string of the molecule is NC(Cc1cccnc1)C1C2CCCCC21. The Labute approximate surface area is 97.3 Å². The van der Waals surface area contributed by atoms with Gasteiger partial charge in [0.25, 0.3) is 0 Å². The molecule has 3 unspecified atom stereocenters. The van der Waals surface area contributed by atoms with Crippen LogP contribution in [0.15, 0.2) is 24.5 Å². The number of rotatable bonds is 3. The monoisotopic (exact) mass is 216 g/mol. The minimum absolute atomic E-state index is 0.359. The summed E-state index contributed by atoms with van der Waals surface area (Å²) in [6.07, 6.45) is 10.5. The Balaban J connectivity index is 1.60. The Kier molecular flexibility index (Phi) is 2.68. The van der Waals surface area contributed by atoms with Crippen LogP contribution in [0, 0.1) is 17.8 Å². The first-order chi connectivity index (χ1) is 7.86. The van der Waals surface area contributed by atoms with E-state index in [2.05, 4.69) is 11.1 Å². The third-order valence-corrected chi connectivity index (χ3v) is 4.41. The topological polar surface area (TPSA) is 38.9 Å². The van der Waals surface area contributed by atoms with Crippen LogP contribution < -0.4 is 5.73 Å². The summed E-state index contributed by atoms with van der Waals surface area (Å²) in [5.74, 6) is 2.73. The molecule has 1 heterocycles. The van der Waals surface area contributed by atoms with Crippen LogP contribution in [-0.2, 0) is 6.42 Å². The van der Waals surface area contributed by atoms with Gasteiger partial charge in [0.2, 0.25) is 0 Å². The zero-order valence-electron chi connectivity index (χ0n) is 9.68. The van der Waals surface area contributed by atoms with Gasteiger partial charge >= 0.3 is 0 Å². The van der Waals surface area contributed by atoms with Gasteiger partial charge in [0.15, 0.2) is 0 Å². The summed E-state index contributed by atoms with van der Waals surface area (Å²) >= 11 is 0. The van der Waals surface area contributed by atoms with Crippen LogP contribution in [0.3, 0.4) is 0 Å². The van der Waals surface area contributed by atoms with Crippen LogP contribution in [-0.4, -0.2) is 11.0 Å². The van der Waals surface area contributed by atoms with Crippen LogP contribution in [0.1, 0.15) is 31.2 Å². The van der Waals surface area contributed by atoms with Gasteiger partial charge in [0.1, 0.15) is 0 Å². The third kappa shape index (κ3) is 1.86. The van der Waals surface area contributed by atoms with E-state index in [9.17, 15) is 0 Å². The molecule has 3 atom stereocenters. The number of aromatic nitrogens is 1. The molecule has 0 radical (unpaired) electrons. The maximum atomic E-state index is 6.34. The molecule has 2 saturated carbocycles. The number of fused-ring (bicyclic) bond motifs is 1. The Bertz CT molecular complexity index is 337. The molecule has 2 N–H and O–H groups in total. The highest BCUT2D eigenvalue weighted by Gasteiger charge is 2.52. The smallest absolute Gasteiger partial charge is 0.0300 e. The van der Waals surface area contributed by atoms with Crippen LogP contribution in [0.25, 0.3) is 0 Å². The first-order valence-corrected chi connectivity index (χ1v) is 6.51. The van der Waals surface area contributed by atoms with E-state index in [4.69, 9.17) is 5.73 Å². The lowest BCUT2D eigenvalue weighted by Crippen LogP contribution is -2.26. The van der Waals surface area contributed by atoms with Crippen molar-refractivity contribution in [1.82, 2.24) is 4.98 Å². The number of pyridine rings is 1. The van der Waals surface area contributed by atoms with Gasteiger partial charge < -0.3 is 5.73 Å². The Hall–Kier alpha value is -0.890. The van der Waals surface area contributed by atoms with E-state index in [1.165, 1.54) is 31.2 Å². The lowest BCUT2D eigenvalue weighted by molar-refractivity contribution is 0.480. The summed E-state index contributed by atoms with van der Waals surface area (Å²) in [5.41, 5.74) is 7.63. The van der Waals surface area contributed by atoms with Gasteiger partial charge in [-0.05, 0) is 48.6 Å². The largest absolute Gasteiger partial charge is 0.327 e. The number of hydrogen-bond acceptors (Lipinski definition) is 2. The van der Waals surface area contributed by atoms with Crippen molar-refractivity contribution in [3.63, 3.8) is 0 Å². The molecule has 2 aliphatic carbocycles. The maximum absolute atomic E-state index is 6.34. The van der Waals surface area contributed by atoms with E-state index in [0.717, 1.165) is 24.2 Å². The van der Waals surface area contributed by atoms with E-state index in [-0.39, 0.29) is 0 Å². The molecule has 2 aliphatic rings. The van der Waals surface area contributed by atoms with E-state index < -0.39 is 0 Å². The fourth-order valence-corrected chi connectivity index (χ4v) is 3.61. The number of nitrogens with two attached hydrogens (primary N) is 1. The Morgan fingerprint density at radius 2 is 2.06 bits per heavy atom. The number of hydrogen-bond donors (Lipinski definition) is 1. The number of nitrogens with zero attached hydrogens (tertiary/aromatic N) is 1. The Morgan fingerprint density at radius 3 is 2.69 bits per heavy atom. The molecule has 1 aromatic heterocycles. The summed E-state index contributed by atoms with van der Waals surface area (Å²) in [5, 5.41) is 0. The highest BCUT2D eigenvalue weighted by molar-refractivity contribution is 5.13. The second-order valence-corrected chi connectivity index (χ2v) is 5.42. The van der Waals surface area contributed by atoms with Crippen LogP contribution >= 0.6 is 0 Å². The van der Waals surface area contributed by atoms with Crippen molar-refractivity contribution in [3.8, 4) is 0 Å². The van der Waals surface area contributed by atoms with Gasteiger partial charge in [-0.2, -0.15) is 0 Å². The van der Waals surface area contributed by atoms with E-state index in [0.29, 0.717) is 6.04 Å². The molecule has 3 rings (SSSR count). The van der Waals surface area contributed by atoms with E-state index in [1.54, 1.807) is 0 Å². The molecule has 0 aliphatic heterocycles. The second kappa shape index (κ2) is 4.17. The third-order valence-electron chi connectivity index (χ3n) is 4.41. The van der Waals surface area contributed by atoms with Crippen molar-refractivity contribution in [2.45, 2.75) is 38.1 Å². The maximum Gasteiger partial charge on any atom is 0.0300 e. The van der Waals surface area contributed by atoms with Gasteiger partial charge in [-0.1, -0.05) is 18.9 Å². The molecular formula is C14H20N2. The molecule has 1 aromatic rings. The first kappa shape index (κ1) is 10.3. The molecule has 0 aromatic carbocycles. The molecule has 16 heavy (non-hydrogen) atoms. The highest BCUT2D eigenvalue weighted by Crippen LogP contribution is 2.56. The fraction of sp³-hybridized carbons (Fsp3) is 0.643. The average molecular weight is 216 g/mol. The molecule has 0 amide bonds. The van der Waals surface area contributed by atoms with Gasteiger partial charge in [-0.25, -0.2) is 0 Å². The zero-order chi connectivity index (χ0) is 11.0. The minimum atomic E-state index is 0.359. The summed E-state index contributed by atoms with van der Waals surface area (Å²) in [4.78, 5) is 4.15. The quantitative estimate of drug-likeness (QED) is 0.842. The predicted molar refractivity (Wildman–Crippen MR) is 64.9 cm³/mol. The van der Waals surface area contributed by atoms with Crippen LogP contribution in [0.2, 0.25) is 0 Å². The van der Waals surface area contributed by atoms with E-state index >= 15 is 0 Å². The molecule has 2 heteroatoms. The van der Waals surface area contributed by atoms with Gasteiger partial charge in [0.05, 0.1) is 0 Å². The fourth-order valence-electron chi connectivity index (χ4n) is 3.61. The minimum Gasteiger partial charge on any atom is -0.327 e. The van der Waals surface area contributed by atoms with Gasteiger partial charge in [-0.15, -0.1) is 0 Å². The van der Waals surface area contributed by atoms with Crippen molar-refractivity contribution in [2.75, 3.05) is 0 Å². The van der Waals surface area contributed by atoms with E-state index in [1.807, 2.05) is 18.5 Å². The van der Waals surface area contributed by atoms with Crippen molar-refractivity contribution < 1.29 is 0 Å². The normalized spacial score (nSPS) is 34.2. The van der Waals surface area contributed by atoms with Gasteiger partial charge in [-0.3, -0.25) is 4.98 Å². The first-order valence-electron chi connectivity index (χ1n) is 6.51. The molecule has 0 saturated heterocycles. The standard InChI is InChI=1S/C14H20N2/c15-13(8-10-4-3-7-16-9-10)14-11-5-1-2-6-12(11)14/h3-4,7,9,11-14H,1-2,5-6,8,15H2. The highest BCUT2D eigenvalue weighted by atomic mass is 14.7. The summed E-state index contributed by atoms with van der Waals surface area (Å²) in [7, 11) is 0. The van der Waals surface area contributed by atoms with Gasteiger partial charge in [0, 0.05) is 18.4 Å². The summed E-state index contributed by atoms with van der Waals surface area (Å²) in [6.45, 7) is 0. The lowest BCUT2D eigenvalue weighted by atomic mass is 10.0.